The second kappa shape index (κ2) is 9.30. The van der Waals surface area contributed by atoms with Crippen LogP contribution in [0.4, 0.5) is 17.3 Å². The van der Waals surface area contributed by atoms with Crippen LogP contribution < -0.4 is 31.6 Å². The Bertz CT molecular complexity index is 1310. The maximum atomic E-state index is 9.56. The fourth-order valence-corrected chi connectivity index (χ4v) is 3.85. The number of guanidine groups is 1. The zero-order valence-electron chi connectivity index (χ0n) is 18.7. The minimum atomic E-state index is -0.718. The number of benzene rings is 1. The van der Waals surface area contributed by atoms with Crippen molar-refractivity contribution in [3.63, 3.8) is 0 Å². The van der Waals surface area contributed by atoms with Gasteiger partial charge in [0.2, 0.25) is 5.96 Å². The number of nitrogen functional groups attached to an aromatic ring is 2. The molecule has 11 nitrogen and oxygen atoms in total. The van der Waals surface area contributed by atoms with Gasteiger partial charge in [-0.1, -0.05) is 0 Å². The van der Waals surface area contributed by atoms with Gasteiger partial charge in [0.25, 0.3) is 0 Å². The summed E-state index contributed by atoms with van der Waals surface area (Å²) >= 11 is 0. The van der Waals surface area contributed by atoms with Gasteiger partial charge in [0.15, 0.2) is 6.19 Å². The molecule has 0 saturated heterocycles. The number of hydrogen-bond acceptors (Lipinski definition) is 10. The summed E-state index contributed by atoms with van der Waals surface area (Å²) in [6.07, 6.45) is 5.64. The Hall–Kier alpha value is -4.90. The number of ether oxygens (including phenoxy) is 2. The number of aromatic nitrogens is 2. The number of anilines is 3. The van der Waals surface area contributed by atoms with Gasteiger partial charge < -0.3 is 30.8 Å². The van der Waals surface area contributed by atoms with Crippen molar-refractivity contribution in [2.75, 3.05) is 30.0 Å². The lowest BCUT2D eigenvalue weighted by molar-refractivity contribution is 0.320. The van der Waals surface area contributed by atoms with E-state index < -0.39 is 6.04 Å². The second-order valence-corrected chi connectivity index (χ2v) is 7.22. The summed E-state index contributed by atoms with van der Waals surface area (Å²) < 4.78 is 13.9. The van der Waals surface area contributed by atoms with E-state index in [-0.39, 0.29) is 23.0 Å². The molecule has 172 valence electrons. The van der Waals surface area contributed by atoms with Crippen LogP contribution in [0, 0.1) is 22.8 Å². The fourth-order valence-electron chi connectivity index (χ4n) is 3.85. The quantitative estimate of drug-likeness (QED) is 0.320. The number of rotatable bonds is 6. The van der Waals surface area contributed by atoms with Gasteiger partial charge in [-0.05, 0) is 43.7 Å². The molecule has 1 atom stereocenters. The van der Waals surface area contributed by atoms with E-state index in [9.17, 15) is 5.26 Å². The predicted molar refractivity (Wildman–Crippen MR) is 128 cm³/mol. The summed E-state index contributed by atoms with van der Waals surface area (Å²) in [5.41, 5.74) is 14.4. The number of nitrogens with two attached hydrogens (primary N) is 2. The lowest BCUT2D eigenvalue weighted by atomic mass is 9.94. The molecule has 0 saturated carbocycles. The van der Waals surface area contributed by atoms with Gasteiger partial charge in [0.1, 0.15) is 46.5 Å². The third kappa shape index (κ3) is 3.87. The molecule has 1 unspecified atom stereocenters. The Morgan fingerprint density at radius 3 is 2.32 bits per heavy atom. The van der Waals surface area contributed by atoms with E-state index in [1.54, 1.807) is 0 Å². The molecular formula is C23H23N9O2. The zero-order chi connectivity index (χ0) is 24.2. The molecule has 2 aromatic heterocycles. The van der Waals surface area contributed by atoms with Crippen LogP contribution in [0.1, 0.15) is 36.6 Å². The second-order valence-electron chi connectivity index (χ2n) is 7.22. The largest absolute Gasteiger partial charge is 0.492 e. The first-order valence-corrected chi connectivity index (χ1v) is 10.6. The molecule has 0 fully saturated rings. The Morgan fingerprint density at radius 1 is 1.12 bits per heavy atom. The first-order chi connectivity index (χ1) is 16.5. The number of nitrogens with zero attached hydrogens (tertiary/aromatic N) is 5. The standard InChI is InChI=1S/C23H23N9O2/c1-3-33-15-9-13(10-16(34-4-2)20(15)32-7-5-6-8-32)19-17-18(26)14(11-24)21(27)30-22(17)31-23(29-19)28-12-25/h5-10,19H,3-4H2,1-2H3,(H6,26,27,28,29,30,31). The van der Waals surface area contributed by atoms with Crippen LogP contribution in [0.5, 0.6) is 11.5 Å². The molecule has 3 aromatic rings. The monoisotopic (exact) mass is 457 g/mol. The van der Waals surface area contributed by atoms with Crippen molar-refractivity contribution in [3.05, 3.63) is 53.3 Å². The molecule has 3 heterocycles. The highest BCUT2D eigenvalue weighted by molar-refractivity contribution is 5.98. The minimum absolute atomic E-state index is 0.0174. The van der Waals surface area contributed by atoms with Crippen LogP contribution in [0.15, 0.2) is 41.7 Å². The molecule has 0 spiro atoms. The molecule has 1 aliphatic heterocycles. The lowest BCUT2D eigenvalue weighted by Gasteiger charge is -2.27. The number of nitriles is 2. The smallest absolute Gasteiger partial charge is 0.211 e. The average molecular weight is 457 g/mol. The average Bonchev–Trinajstić information content (AvgIpc) is 3.33. The lowest BCUT2D eigenvalue weighted by Crippen LogP contribution is -2.32. The molecule has 0 bridgehead atoms. The highest BCUT2D eigenvalue weighted by Gasteiger charge is 2.31. The molecule has 0 radical (unpaired) electrons. The SMILES string of the molecule is CCOc1cc(C2N=C(NC#N)Nc3nc(N)c(C#N)c(N)c32)cc(OCC)c1-n1cccc1. The molecule has 4 rings (SSSR count). The highest BCUT2D eigenvalue weighted by atomic mass is 16.5. The van der Waals surface area contributed by atoms with Crippen LogP contribution in [0.25, 0.3) is 5.69 Å². The Labute approximate surface area is 196 Å². The normalized spacial score (nSPS) is 14.1. The van der Waals surface area contributed by atoms with Gasteiger partial charge >= 0.3 is 0 Å². The van der Waals surface area contributed by atoms with Crippen molar-refractivity contribution >= 4 is 23.3 Å². The van der Waals surface area contributed by atoms with E-state index in [0.717, 1.165) is 5.69 Å². The van der Waals surface area contributed by atoms with E-state index in [0.29, 0.717) is 41.7 Å². The van der Waals surface area contributed by atoms with Crippen LogP contribution >= 0.6 is 0 Å². The van der Waals surface area contributed by atoms with E-state index in [2.05, 4.69) is 20.6 Å². The maximum absolute atomic E-state index is 9.56. The molecule has 34 heavy (non-hydrogen) atoms. The van der Waals surface area contributed by atoms with Crippen molar-refractivity contribution in [2.24, 2.45) is 4.99 Å². The summed E-state index contributed by atoms with van der Waals surface area (Å²) in [6.45, 7) is 4.64. The predicted octanol–water partition coefficient (Wildman–Crippen LogP) is 2.65. The van der Waals surface area contributed by atoms with Crippen molar-refractivity contribution in [3.8, 4) is 29.4 Å². The summed E-state index contributed by atoms with van der Waals surface area (Å²) in [6, 6.07) is 8.79. The van der Waals surface area contributed by atoms with Gasteiger partial charge in [-0.25, -0.2) is 9.98 Å². The van der Waals surface area contributed by atoms with Crippen LogP contribution in [-0.4, -0.2) is 28.7 Å². The zero-order valence-corrected chi connectivity index (χ0v) is 18.7. The van der Waals surface area contributed by atoms with E-state index in [1.165, 1.54) is 0 Å². The third-order valence-electron chi connectivity index (χ3n) is 5.20. The van der Waals surface area contributed by atoms with Crippen LogP contribution in [-0.2, 0) is 0 Å². The number of aliphatic imine (C=N–C) groups is 1. The van der Waals surface area contributed by atoms with Gasteiger partial charge in [-0.2, -0.15) is 10.5 Å². The summed E-state index contributed by atoms with van der Waals surface area (Å²) in [7, 11) is 0. The van der Waals surface area contributed by atoms with E-state index in [4.69, 9.17) is 26.2 Å². The van der Waals surface area contributed by atoms with Gasteiger partial charge in [0.05, 0.1) is 18.9 Å². The maximum Gasteiger partial charge on any atom is 0.211 e. The Morgan fingerprint density at radius 2 is 1.76 bits per heavy atom. The highest BCUT2D eigenvalue weighted by Crippen LogP contribution is 2.44. The van der Waals surface area contributed by atoms with Crippen molar-refractivity contribution in [1.82, 2.24) is 14.9 Å². The van der Waals surface area contributed by atoms with Crippen molar-refractivity contribution < 1.29 is 9.47 Å². The molecule has 6 N–H and O–H groups in total. The van der Waals surface area contributed by atoms with Crippen LogP contribution in [0.2, 0.25) is 0 Å². The van der Waals surface area contributed by atoms with Crippen molar-refractivity contribution in [2.45, 2.75) is 19.9 Å². The molecule has 11 heteroatoms. The van der Waals surface area contributed by atoms with Crippen LogP contribution in [0.3, 0.4) is 0 Å². The topological polar surface area (TPSA) is 172 Å². The first kappa shape index (κ1) is 22.3. The Kier molecular flexibility index (Phi) is 6.10. The Balaban J connectivity index is 1.98. The molecule has 0 aliphatic carbocycles. The third-order valence-corrected chi connectivity index (χ3v) is 5.20. The minimum Gasteiger partial charge on any atom is -0.492 e. The summed E-state index contributed by atoms with van der Waals surface area (Å²) in [5.74, 6) is 1.61. The molecular weight excluding hydrogens is 434 g/mol. The molecule has 1 aromatic carbocycles. The van der Waals surface area contributed by atoms with Gasteiger partial charge in [-0.3, -0.25) is 5.32 Å². The number of fused-ring (bicyclic) bond motifs is 1. The van der Waals surface area contributed by atoms with E-state index in [1.807, 2.05) is 67.3 Å². The summed E-state index contributed by atoms with van der Waals surface area (Å²) in [4.78, 5) is 8.92. The fraction of sp³-hybridized carbons (Fsp3) is 0.217. The number of hydrogen-bond donors (Lipinski definition) is 4. The summed E-state index contributed by atoms with van der Waals surface area (Å²) in [5, 5.41) is 24.1. The van der Waals surface area contributed by atoms with E-state index >= 15 is 0 Å². The number of nitrogens with one attached hydrogen (secondary N) is 2. The van der Waals surface area contributed by atoms with Gasteiger partial charge in [-0.15, -0.1) is 0 Å². The molecule has 1 aliphatic rings. The van der Waals surface area contributed by atoms with Gasteiger partial charge in [0, 0.05) is 18.0 Å². The molecule has 0 amide bonds. The first-order valence-electron chi connectivity index (χ1n) is 10.6. The van der Waals surface area contributed by atoms with Crippen molar-refractivity contribution in [1.29, 1.82) is 10.5 Å². The number of pyridine rings is 1.